The van der Waals surface area contributed by atoms with Crippen LogP contribution in [0.4, 0.5) is 11.4 Å². The Morgan fingerprint density at radius 1 is 1.37 bits per heavy atom. The molecule has 1 aromatic carbocycles. The number of hydrogen-bond donors (Lipinski definition) is 2. The van der Waals surface area contributed by atoms with Gasteiger partial charge in [0.15, 0.2) is 0 Å². The van der Waals surface area contributed by atoms with Crippen LogP contribution in [0.2, 0.25) is 0 Å². The highest BCUT2D eigenvalue weighted by Crippen LogP contribution is 2.32. The topological polar surface area (TPSA) is 41.1 Å². The molecule has 0 radical (unpaired) electrons. The predicted molar refractivity (Wildman–Crippen MR) is 80.5 cm³/mol. The second-order valence-corrected chi connectivity index (χ2v) is 5.56. The van der Waals surface area contributed by atoms with Crippen molar-refractivity contribution in [1.82, 2.24) is 0 Å². The van der Waals surface area contributed by atoms with E-state index < -0.39 is 0 Å². The lowest BCUT2D eigenvalue weighted by Gasteiger charge is -2.22. The van der Waals surface area contributed by atoms with Crippen LogP contribution in [-0.2, 0) is 4.79 Å². The van der Waals surface area contributed by atoms with Crippen LogP contribution in [0, 0.1) is 12.8 Å². The van der Waals surface area contributed by atoms with E-state index in [9.17, 15) is 4.79 Å². The number of hydrogen-bond acceptors (Lipinski definition) is 2. The Morgan fingerprint density at radius 3 is 2.84 bits per heavy atom. The highest BCUT2D eigenvalue weighted by Gasteiger charge is 2.25. The molecule has 1 amide bonds. The Kier molecular flexibility index (Phi) is 4.46. The van der Waals surface area contributed by atoms with E-state index in [2.05, 4.69) is 30.5 Å². The second-order valence-electron chi connectivity index (χ2n) is 5.56. The Morgan fingerprint density at radius 2 is 2.16 bits per heavy atom. The molecule has 0 saturated heterocycles. The van der Waals surface area contributed by atoms with Crippen molar-refractivity contribution in [2.24, 2.45) is 5.92 Å². The molecule has 2 N–H and O–H groups in total. The summed E-state index contributed by atoms with van der Waals surface area (Å²) in [4.78, 5) is 11.1. The lowest BCUT2D eigenvalue weighted by molar-refractivity contribution is -0.114. The molecule has 19 heavy (non-hydrogen) atoms. The number of amides is 1. The minimum absolute atomic E-state index is 0.0258. The summed E-state index contributed by atoms with van der Waals surface area (Å²) < 4.78 is 0. The van der Waals surface area contributed by atoms with E-state index in [0.29, 0.717) is 6.04 Å². The first-order chi connectivity index (χ1) is 9.10. The first kappa shape index (κ1) is 13.9. The number of carbonyl (C=O) groups excluding carboxylic acids is 1. The molecule has 3 heteroatoms. The number of anilines is 2. The van der Waals surface area contributed by atoms with E-state index in [1.165, 1.54) is 38.2 Å². The minimum Gasteiger partial charge on any atom is -0.382 e. The third-order valence-corrected chi connectivity index (χ3v) is 4.08. The molecule has 1 aliphatic carbocycles. The first-order valence-corrected chi connectivity index (χ1v) is 7.25. The monoisotopic (exact) mass is 260 g/mol. The fraction of sp³-hybridized carbons (Fsp3) is 0.562. The van der Waals surface area contributed by atoms with Crippen LogP contribution < -0.4 is 10.6 Å². The average Bonchev–Trinajstić information content (AvgIpc) is 2.80. The highest BCUT2D eigenvalue weighted by molar-refractivity contribution is 5.89. The van der Waals surface area contributed by atoms with Gasteiger partial charge in [-0.1, -0.05) is 25.8 Å². The van der Waals surface area contributed by atoms with Crippen molar-refractivity contribution in [3.8, 4) is 0 Å². The number of rotatable bonds is 4. The van der Waals surface area contributed by atoms with Gasteiger partial charge in [-0.3, -0.25) is 4.79 Å². The third kappa shape index (κ3) is 3.49. The normalized spacial score (nSPS) is 22.3. The van der Waals surface area contributed by atoms with Crippen LogP contribution in [-0.4, -0.2) is 11.9 Å². The van der Waals surface area contributed by atoms with Crippen molar-refractivity contribution in [2.45, 2.75) is 52.5 Å². The summed E-state index contributed by atoms with van der Waals surface area (Å²) in [6.07, 6.45) is 5.14. The van der Waals surface area contributed by atoms with Crippen molar-refractivity contribution >= 4 is 17.3 Å². The summed E-state index contributed by atoms with van der Waals surface area (Å²) in [5.74, 6) is 0.755. The fourth-order valence-corrected chi connectivity index (χ4v) is 2.97. The zero-order chi connectivity index (χ0) is 13.8. The van der Waals surface area contributed by atoms with Crippen molar-refractivity contribution in [1.29, 1.82) is 0 Å². The summed E-state index contributed by atoms with van der Waals surface area (Å²) >= 11 is 0. The minimum atomic E-state index is -0.0258. The highest BCUT2D eigenvalue weighted by atomic mass is 16.1. The van der Waals surface area contributed by atoms with Gasteiger partial charge in [0, 0.05) is 24.3 Å². The zero-order valence-corrected chi connectivity index (χ0v) is 12.1. The maximum absolute atomic E-state index is 11.1. The van der Waals surface area contributed by atoms with Gasteiger partial charge in [-0.2, -0.15) is 0 Å². The molecular formula is C16H24N2O. The molecule has 0 aliphatic heterocycles. The molecule has 2 unspecified atom stereocenters. The van der Waals surface area contributed by atoms with E-state index in [0.717, 1.165) is 17.3 Å². The van der Waals surface area contributed by atoms with E-state index in [1.54, 1.807) is 0 Å². The molecule has 104 valence electrons. The SMILES string of the molecule is CCC1CCCC1Nc1cc(NC(C)=O)ccc1C. The van der Waals surface area contributed by atoms with E-state index in [-0.39, 0.29) is 5.91 Å². The summed E-state index contributed by atoms with van der Waals surface area (Å²) in [6.45, 7) is 5.91. The maximum atomic E-state index is 11.1. The largest absolute Gasteiger partial charge is 0.382 e. The van der Waals surface area contributed by atoms with Crippen LogP contribution in [0.15, 0.2) is 18.2 Å². The molecule has 0 heterocycles. The Hall–Kier alpha value is -1.51. The van der Waals surface area contributed by atoms with Crippen molar-refractivity contribution in [3.05, 3.63) is 23.8 Å². The average molecular weight is 260 g/mol. The van der Waals surface area contributed by atoms with Gasteiger partial charge in [0.2, 0.25) is 5.91 Å². The van der Waals surface area contributed by atoms with Crippen molar-refractivity contribution in [3.63, 3.8) is 0 Å². The van der Waals surface area contributed by atoms with Crippen LogP contribution in [0.3, 0.4) is 0 Å². The zero-order valence-electron chi connectivity index (χ0n) is 12.1. The van der Waals surface area contributed by atoms with Crippen LogP contribution in [0.25, 0.3) is 0 Å². The van der Waals surface area contributed by atoms with Crippen LogP contribution >= 0.6 is 0 Å². The summed E-state index contributed by atoms with van der Waals surface area (Å²) in [5, 5.41) is 6.52. The molecule has 3 nitrogen and oxygen atoms in total. The second kappa shape index (κ2) is 6.09. The lowest BCUT2D eigenvalue weighted by Crippen LogP contribution is -2.24. The number of aryl methyl sites for hydroxylation is 1. The predicted octanol–water partition coefficient (Wildman–Crippen LogP) is 3.94. The molecule has 0 aromatic heterocycles. The van der Waals surface area contributed by atoms with Gasteiger partial charge in [0.1, 0.15) is 0 Å². The molecule has 0 bridgehead atoms. The molecule has 1 fully saturated rings. The quantitative estimate of drug-likeness (QED) is 0.860. The summed E-state index contributed by atoms with van der Waals surface area (Å²) in [6, 6.07) is 6.63. The van der Waals surface area contributed by atoms with Crippen molar-refractivity contribution < 1.29 is 4.79 Å². The molecular weight excluding hydrogens is 236 g/mol. The first-order valence-electron chi connectivity index (χ1n) is 7.25. The third-order valence-electron chi connectivity index (χ3n) is 4.08. The van der Waals surface area contributed by atoms with E-state index >= 15 is 0 Å². The lowest BCUT2D eigenvalue weighted by atomic mass is 10.00. The number of nitrogens with one attached hydrogen (secondary N) is 2. The smallest absolute Gasteiger partial charge is 0.221 e. The molecule has 1 saturated carbocycles. The number of benzene rings is 1. The van der Waals surface area contributed by atoms with Gasteiger partial charge in [-0.05, 0) is 43.4 Å². The molecule has 2 rings (SSSR count). The standard InChI is InChI=1S/C16H24N2O/c1-4-13-6-5-7-15(13)18-16-10-14(17-12(3)19)9-8-11(16)2/h8-10,13,15,18H,4-7H2,1-3H3,(H,17,19). The molecule has 2 atom stereocenters. The van der Waals surface area contributed by atoms with E-state index in [4.69, 9.17) is 0 Å². The maximum Gasteiger partial charge on any atom is 0.221 e. The Bertz CT molecular complexity index is 456. The molecule has 1 aliphatic rings. The van der Waals surface area contributed by atoms with Gasteiger partial charge in [0.05, 0.1) is 0 Å². The van der Waals surface area contributed by atoms with Crippen LogP contribution in [0.1, 0.15) is 45.1 Å². The van der Waals surface area contributed by atoms with Crippen LogP contribution in [0.5, 0.6) is 0 Å². The van der Waals surface area contributed by atoms with Gasteiger partial charge in [-0.25, -0.2) is 0 Å². The van der Waals surface area contributed by atoms with Crippen molar-refractivity contribution in [2.75, 3.05) is 10.6 Å². The summed E-state index contributed by atoms with van der Waals surface area (Å²) in [7, 11) is 0. The Balaban J connectivity index is 2.12. The van der Waals surface area contributed by atoms with Gasteiger partial charge < -0.3 is 10.6 Å². The number of carbonyl (C=O) groups is 1. The van der Waals surface area contributed by atoms with Gasteiger partial charge >= 0.3 is 0 Å². The Labute approximate surface area is 115 Å². The fourth-order valence-electron chi connectivity index (χ4n) is 2.97. The summed E-state index contributed by atoms with van der Waals surface area (Å²) in [5.41, 5.74) is 3.25. The van der Waals surface area contributed by atoms with Gasteiger partial charge in [0.25, 0.3) is 0 Å². The van der Waals surface area contributed by atoms with E-state index in [1.807, 2.05) is 12.1 Å². The molecule has 0 spiro atoms. The molecule has 1 aromatic rings. The van der Waals surface area contributed by atoms with Gasteiger partial charge in [-0.15, -0.1) is 0 Å².